The summed E-state index contributed by atoms with van der Waals surface area (Å²) in [5, 5.41) is 3.37. The number of ether oxygens (including phenoxy) is 1. The minimum absolute atomic E-state index is 0.129. The number of hydrogen-bond acceptors (Lipinski definition) is 2. The first-order chi connectivity index (χ1) is 9.10. The molecule has 0 aliphatic carbocycles. The van der Waals surface area contributed by atoms with Crippen molar-refractivity contribution in [2.24, 2.45) is 0 Å². The largest absolute Gasteiger partial charge is 0.497 e. The monoisotopic (exact) mass is 343 g/mol. The molecule has 0 radical (unpaired) electrons. The SMILES string of the molecule is COc1ccc(Br)c(NCc2ccc(F)c(Cl)c2)c1. The van der Waals surface area contributed by atoms with Gasteiger partial charge < -0.3 is 10.1 Å². The van der Waals surface area contributed by atoms with Gasteiger partial charge in [-0.15, -0.1) is 0 Å². The smallest absolute Gasteiger partial charge is 0.141 e. The van der Waals surface area contributed by atoms with Gasteiger partial charge in [0.25, 0.3) is 0 Å². The van der Waals surface area contributed by atoms with Crippen molar-refractivity contribution in [1.29, 1.82) is 0 Å². The van der Waals surface area contributed by atoms with E-state index in [0.717, 1.165) is 21.5 Å². The third kappa shape index (κ3) is 3.61. The Kier molecular flexibility index (Phi) is 4.66. The molecule has 0 saturated heterocycles. The summed E-state index contributed by atoms with van der Waals surface area (Å²) in [6.45, 7) is 0.547. The molecular weight excluding hydrogens is 333 g/mol. The van der Waals surface area contributed by atoms with E-state index in [4.69, 9.17) is 16.3 Å². The molecule has 2 aromatic carbocycles. The molecule has 100 valence electrons. The maximum Gasteiger partial charge on any atom is 0.141 e. The van der Waals surface area contributed by atoms with Crippen LogP contribution in [0.1, 0.15) is 5.56 Å². The molecule has 2 rings (SSSR count). The van der Waals surface area contributed by atoms with Crippen molar-refractivity contribution in [1.82, 2.24) is 0 Å². The molecule has 2 aromatic rings. The molecule has 0 heterocycles. The quantitative estimate of drug-likeness (QED) is 0.855. The lowest BCUT2D eigenvalue weighted by Crippen LogP contribution is -2.00. The van der Waals surface area contributed by atoms with Gasteiger partial charge in [-0.2, -0.15) is 0 Å². The first-order valence-electron chi connectivity index (χ1n) is 5.61. The van der Waals surface area contributed by atoms with Crippen LogP contribution in [0.25, 0.3) is 0 Å². The van der Waals surface area contributed by atoms with Gasteiger partial charge in [0.2, 0.25) is 0 Å². The third-order valence-electron chi connectivity index (χ3n) is 2.64. The molecule has 0 saturated carbocycles. The highest BCUT2D eigenvalue weighted by Gasteiger charge is 2.04. The fourth-order valence-corrected chi connectivity index (χ4v) is 2.20. The van der Waals surface area contributed by atoms with Crippen molar-refractivity contribution < 1.29 is 9.13 Å². The van der Waals surface area contributed by atoms with E-state index in [1.807, 2.05) is 18.2 Å². The molecule has 2 nitrogen and oxygen atoms in total. The van der Waals surface area contributed by atoms with Gasteiger partial charge in [-0.05, 0) is 45.8 Å². The Morgan fingerprint density at radius 1 is 1.26 bits per heavy atom. The number of nitrogens with one attached hydrogen (secondary N) is 1. The lowest BCUT2D eigenvalue weighted by molar-refractivity contribution is 0.415. The second-order valence-corrected chi connectivity index (χ2v) is 5.21. The summed E-state index contributed by atoms with van der Waals surface area (Å²) in [5.41, 5.74) is 1.81. The average molecular weight is 345 g/mol. The summed E-state index contributed by atoms with van der Waals surface area (Å²) in [6.07, 6.45) is 0. The van der Waals surface area contributed by atoms with Crippen LogP contribution < -0.4 is 10.1 Å². The Morgan fingerprint density at radius 3 is 2.74 bits per heavy atom. The minimum Gasteiger partial charge on any atom is -0.497 e. The van der Waals surface area contributed by atoms with E-state index in [1.54, 1.807) is 19.2 Å². The molecule has 0 aliphatic heterocycles. The van der Waals surface area contributed by atoms with Crippen LogP contribution in [-0.4, -0.2) is 7.11 Å². The summed E-state index contributed by atoms with van der Waals surface area (Å²) in [5.74, 6) is 0.357. The van der Waals surface area contributed by atoms with Crippen molar-refractivity contribution in [2.45, 2.75) is 6.54 Å². The van der Waals surface area contributed by atoms with Crippen LogP contribution in [0.3, 0.4) is 0 Å². The molecule has 0 spiro atoms. The Morgan fingerprint density at radius 2 is 2.05 bits per heavy atom. The number of benzene rings is 2. The summed E-state index contributed by atoms with van der Waals surface area (Å²) in [4.78, 5) is 0. The molecule has 0 bridgehead atoms. The number of rotatable bonds is 4. The third-order valence-corrected chi connectivity index (χ3v) is 3.62. The second kappa shape index (κ2) is 6.26. The molecule has 0 fully saturated rings. The number of halogens is 3. The highest BCUT2D eigenvalue weighted by molar-refractivity contribution is 9.10. The summed E-state index contributed by atoms with van der Waals surface area (Å²) in [7, 11) is 1.62. The molecule has 0 atom stereocenters. The van der Waals surface area contributed by atoms with Crippen LogP contribution in [0, 0.1) is 5.82 Å². The first kappa shape index (κ1) is 14.2. The zero-order valence-electron chi connectivity index (χ0n) is 10.2. The van der Waals surface area contributed by atoms with Crippen LogP contribution >= 0.6 is 27.5 Å². The van der Waals surface area contributed by atoms with Gasteiger partial charge >= 0.3 is 0 Å². The molecule has 1 N–H and O–H groups in total. The second-order valence-electron chi connectivity index (χ2n) is 3.95. The van der Waals surface area contributed by atoms with E-state index in [9.17, 15) is 4.39 Å². The van der Waals surface area contributed by atoms with Crippen molar-refractivity contribution in [3.8, 4) is 5.75 Å². The lowest BCUT2D eigenvalue weighted by atomic mass is 10.2. The standard InChI is InChI=1S/C14H12BrClFNO/c1-19-10-3-4-11(15)14(7-10)18-8-9-2-5-13(17)12(16)6-9/h2-7,18H,8H2,1H3. The highest BCUT2D eigenvalue weighted by Crippen LogP contribution is 2.27. The predicted molar refractivity (Wildman–Crippen MR) is 79.4 cm³/mol. The fraction of sp³-hybridized carbons (Fsp3) is 0.143. The van der Waals surface area contributed by atoms with Gasteiger partial charge in [-0.25, -0.2) is 4.39 Å². The Balaban J connectivity index is 2.11. The molecule has 5 heteroatoms. The first-order valence-corrected chi connectivity index (χ1v) is 6.78. The van der Waals surface area contributed by atoms with Gasteiger partial charge in [0.1, 0.15) is 11.6 Å². The van der Waals surface area contributed by atoms with Gasteiger partial charge in [0.15, 0.2) is 0 Å². The molecule has 0 aromatic heterocycles. The zero-order valence-corrected chi connectivity index (χ0v) is 12.6. The Labute approximate surface area is 124 Å². The van der Waals surface area contributed by atoms with E-state index in [0.29, 0.717) is 6.54 Å². The number of anilines is 1. The molecule has 0 aliphatic rings. The summed E-state index contributed by atoms with van der Waals surface area (Å²) < 4.78 is 19.1. The van der Waals surface area contributed by atoms with Crippen molar-refractivity contribution in [2.75, 3.05) is 12.4 Å². The van der Waals surface area contributed by atoms with E-state index in [1.165, 1.54) is 6.07 Å². The van der Waals surface area contributed by atoms with Crippen LogP contribution in [0.5, 0.6) is 5.75 Å². The van der Waals surface area contributed by atoms with Crippen molar-refractivity contribution in [3.63, 3.8) is 0 Å². The summed E-state index contributed by atoms with van der Waals surface area (Å²) in [6, 6.07) is 10.3. The summed E-state index contributed by atoms with van der Waals surface area (Å²) >= 11 is 9.20. The molecule has 19 heavy (non-hydrogen) atoms. The average Bonchev–Trinajstić information content (AvgIpc) is 2.41. The van der Waals surface area contributed by atoms with Gasteiger partial charge in [-0.3, -0.25) is 0 Å². The lowest BCUT2D eigenvalue weighted by Gasteiger charge is -2.10. The Hall–Kier alpha value is -1.26. The van der Waals surface area contributed by atoms with Crippen molar-refractivity contribution >= 4 is 33.2 Å². The van der Waals surface area contributed by atoms with E-state index >= 15 is 0 Å². The van der Waals surface area contributed by atoms with Crippen molar-refractivity contribution in [3.05, 3.63) is 57.3 Å². The maximum absolute atomic E-state index is 13.0. The maximum atomic E-state index is 13.0. The predicted octanol–water partition coefficient (Wildman–Crippen LogP) is 4.86. The number of methoxy groups -OCH3 is 1. The highest BCUT2D eigenvalue weighted by atomic mass is 79.9. The van der Waals surface area contributed by atoms with Crippen LogP contribution in [-0.2, 0) is 6.54 Å². The van der Waals surface area contributed by atoms with E-state index in [-0.39, 0.29) is 5.02 Å². The fourth-order valence-electron chi connectivity index (χ4n) is 1.61. The van der Waals surface area contributed by atoms with E-state index in [2.05, 4.69) is 21.2 Å². The number of hydrogen-bond donors (Lipinski definition) is 1. The molecule has 0 unspecified atom stereocenters. The minimum atomic E-state index is -0.409. The van der Waals surface area contributed by atoms with Gasteiger partial charge in [0.05, 0.1) is 17.8 Å². The van der Waals surface area contributed by atoms with Crippen LogP contribution in [0.4, 0.5) is 10.1 Å². The van der Waals surface area contributed by atoms with E-state index < -0.39 is 5.82 Å². The Bertz CT molecular complexity index is 592. The van der Waals surface area contributed by atoms with Crippen LogP contribution in [0.2, 0.25) is 5.02 Å². The normalized spacial score (nSPS) is 10.3. The van der Waals surface area contributed by atoms with Gasteiger partial charge in [-0.1, -0.05) is 17.7 Å². The van der Waals surface area contributed by atoms with Gasteiger partial charge in [0, 0.05) is 17.1 Å². The van der Waals surface area contributed by atoms with Crippen LogP contribution in [0.15, 0.2) is 40.9 Å². The zero-order chi connectivity index (χ0) is 13.8. The molecule has 0 amide bonds. The topological polar surface area (TPSA) is 21.3 Å². The molecular formula is C14H12BrClFNO.